The number of hydroxylamine groups is 1. The smallest absolute Gasteiger partial charge is 0.262 e. The molecule has 2 rings (SSSR count). The van der Waals surface area contributed by atoms with E-state index in [2.05, 4.69) is 10.2 Å². The minimum atomic E-state index is -4.23. The van der Waals surface area contributed by atoms with Gasteiger partial charge >= 0.3 is 0 Å². The number of rotatable bonds is 9. The second kappa shape index (κ2) is 10.9. The quantitative estimate of drug-likeness (QED) is 0.363. The normalized spacial score (nSPS) is 16.9. The highest BCUT2D eigenvalue weighted by Crippen LogP contribution is 2.24. The summed E-state index contributed by atoms with van der Waals surface area (Å²) in [5, 5.41) is 12.1. The van der Waals surface area contributed by atoms with Crippen LogP contribution >= 0.6 is 0 Å². The first-order valence-corrected chi connectivity index (χ1v) is 11.6. The van der Waals surface area contributed by atoms with E-state index < -0.39 is 40.3 Å². The number of methoxy groups -OCH3 is 1. The number of hydrogen-bond acceptors (Lipinski definition) is 7. The van der Waals surface area contributed by atoms with Crippen molar-refractivity contribution in [3.63, 3.8) is 0 Å². The molecule has 10 nitrogen and oxygen atoms in total. The van der Waals surface area contributed by atoms with Gasteiger partial charge in [0.2, 0.25) is 15.9 Å². The third-order valence-electron chi connectivity index (χ3n) is 5.37. The van der Waals surface area contributed by atoms with Gasteiger partial charge in [0.05, 0.1) is 18.6 Å². The van der Waals surface area contributed by atoms with Gasteiger partial charge in [-0.2, -0.15) is 4.31 Å². The Balaban J connectivity index is 2.32. The monoisotopic (exact) mass is 456 g/mol. The van der Waals surface area contributed by atoms with Gasteiger partial charge in [0.25, 0.3) is 5.91 Å². The zero-order valence-corrected chi connectivity index (χ0v) is 19.2. The predicted molar refractivity (Wildman–Crippen MR) is 114 cm³/mol. The predicted octanol–water partition coefficient (Wildman–Crippen LogP) is 0.426. The summed E-state index contributed by atoms with van der Waals surface area (Å²) in [4.78, 5) is 27.2. The number of sulfonamides is 1. The lowest BCUT2D eigenvalue weighted by molar-refractivity contribution is -0.135. The number of hydrogen-bond donors (Lipinski definition) is 3. The van der Waals surface area contributed by atoms with E-state index in [0.717, 1.165) is 30.2 Å². The number of benzene rings is 1. The molecule has 0 bridgehead atoms. The number of amides is 2. The fraction of sp³-hybridized carbons (Fsp3) is 0.600. The molecule has 0 spiro atoms. The molecule has 1 aliphatic rings. The van der Waals surface area contributed by atoms with Crippen LogP contribution in [0.5, 0.6) is 5.75 Å². The van der Waals surface area contributed by atoms with Gasteiger partial charge in [-0.05, 0) is 63.2 Å². The van der Waals surface area contributed by atoms with Crippen molar-refractivity contribution in [2.45, 2.75) is 43.7 Å². The summed E-state index contributed by atoms with van der Waals surface area (Å²) in [7, 11) is -0.770. The number of ether oxygens (including phenoxy) is 1. The number of nitrogens with one attached hydrogen (secondary N) is 2. The molecule has 0 radical (unpaired) electrons. The van der Waals surface area contributed by atoms with Crippen molar-refractivity contribution in [2.75, 3.05) is 33.8 Å². The topological polar surface area (TPSA) is 128 Å². The van der Waals surface area contributed by atoms with Crippen LogP contribution in [0.15, 0.2) is 29.2 Å². The molecule has 11 heteroatoms. The summed E-state index contributed by atoms with van der Waals surface area (Å²) in [6, 6.07) is 4.34. The van der Waals surface area contributed by atoms with Gasteiger partial charge in [-0.25, -0.2) is 13.9 Å². The SMILES string of the molecule is COc1ccc(S(=O)(=O)N(CC(=O)NC2CCN(C)CC2)C(C(=O)NO)C(C)C)cc1. The van der Waals surface area contributed by atoms with Crippen LogP contribution < -0.4 is 15.5 Å². The minimum Gasteiger partial charge on any atom is -0.497 e. The van der Waals surface area contributed by atoms with Gasteiger partial charge in [0, 0.05) is 6.04 Å². The Kier molecular flexibility index (Phi) is 8.80. The number of piperidine rings is 1. The van der Waals surface area contributed by atoms with E-state index >= 15 is 0 Å². The van der Waals surface area contributed by atoms with E-state index in [4.69, 9.17) is 4.74 Å². The Labute approximate surface area is 183 Å². The summed E-state index contributed by atoms with van der Waals surface area (Å²) in [6.45, 7) is 4.41. The van der Waals surface area contributed by atoms with Gasteiger partial charge < -0.3 is 15.0 Å². The molecule has 1 aromatic rings. The molecule has 2 amide bonds. The Bertz CT molecular complexity index is 851. The lowest BCUT2D eigenvalue weighted by Crippen LogP contribution is -2.55. The first kappa shape index (κ1) is 25.1. The van der Waals surface area contributed by atoms with E-state index in [1.165, 1.54) is 36.9 Å². The third kappa shape index (κ3) is 6.39. The molecule has 0 saturated carbocycles. The van der Waals surface area contributed by atoms with Crippen molar-refractivity contribution in [3.8, 4) is 5.75 Å². The molecule has 1 aromatic carbocycles. The molecule has 1 aliphatic heterocycles. The fourth-order valence-electron chi connectivity index (χ4n) is 3.62. The van der Waals surface area contributed by atoms with Crippen LogP contribution in [0.3, 0.4) is 0 Å². The zero-order valence-electron chi connectivity index (χ0n) is 18.4. The van der Waals surface area contributed by atoms with E-state index in [1.54, 1.807) is 13.8 Å². The number of carbonyl (C=O) groups is 2. The van der Waals surface area contributed by atoms with E-state index in [0.29, 0.717) is 5.75 Å². The maximum Gasteiger partial charge on any atom is 0.262 e. The van der Waals surface area contributed by atoms with Crippen LogP contribution in [0.1, 0.15) is 26.7 Å². The lowest BCUT2D eigenvalue weighted by atomic mass is 10.0. The molecule has 3 N–H and O–H groups in total. The first-order valence-electron chi connectivity index (χ1n) is 10.2. The summed E-state index contributed by atoms with van der Waals surface area (Å²) in [6.07, 6.45) is 1.52. The highest BCUT2D eigenvalue weighted by Gasteiger charge is 2.39. The molecule has 1 atom stereocenters. The maximum atomic E-state index is 13.4. The highest BCUT2D eigenvalue weighted by molar-refractivity contribution is 7.89. The zero-order chi connectivity index (χ0) is 23.2. The molecule has 1 unspecified atom stereocenters. The highest BCUT2D eigenvalue weighted by atomic mass is 32.2. The Morgan fingerprint density at radius 2 is 1.81 bits per heavy atom. The van der Waals surface area contributed by atoms with Gasteiger partial charge in [-0.1, -0.05) is 13.8 Å². The summed E-state index contributed by atoms with van der Waals surface area (Å²) >= 11 is 0. The lowest BCUT2D eigenvalue weighted by Gasteiger charge is -2.33. The Hall–Kier alpha value is -2.21. The minimum absolute atomic E-state index is 0.0570. The molecule has 0 aliphatic carbocycles. The Morgan fingerprint density at radius 3 is 2.29 bits per heavy atom. The van der Waals surface area contributed by atoms with Crippen LogP contribution in [0, 0.1) is 5.92 Å². The van der Waals surface area contributed by atoms with Crippen molar-refractivity contribution >= 4 is 21.8 Å². The summed E-state index contributed by atoms with van der Waals surface area (Å²) < 4.78 is 32.7. The van der Waals surface area contributed by atoms with Crippen molar-refractivity contribution in [2.24, 2.45) is 5.92 Å². The molecule has 1 fully saturated rings. The van der Waals surface area contributed by atoms with Crippen LogP contribution in [0.4, 0.5) is 0 Å². The molecular weight excluding hydrogens is 424 g/mol. The second-order valence-corrected chi connectivity index (χ2v) is 9.93. The van der Waals surface area contributed by atoms with E-state index in [1.807, 2.05) is 7.05 Å². The number of likely N-dealkylation sites (tertiary alicyclic amines) is 1. The average molecular weight is 457 g/mol. The standard InChI is InChI=1S/C20H32N4O6S/c1-14(2)19(20(26)22-27)24(13-18(25)21-15-9-11-23(3)12-10-15)31(28,29)17-7-5-16(30-4)6-8-17/h5-8,14-15,19,27H,9-13H2,1-4H3,(H,21,25)(H,22,26). The maximum absolute atomic E-state index is 13.4. The molecule has 0 aromatic heterocycles. The van der Waals surface area contributed by atoms with E-state index in [9.17, 15) is 23.2 Å². The largest absolute Gasteiger partial charge is 0.497 e. The Morgan fingerprint density at radius 1 is 1.23 bits per heavy atom. The van der Waals surface area contributed by atoms with Crippen molar-refractivity contribution in [1.29, 1.82) is 0 Å². The van der Waals surface area contributed by atoms with Crippen LogP contribution in [0.25, 0.3) is 0 Å². The molecule has 1 heterocycles. The van der Waals surface area contributed by atoms with Crippen molar-refractivity contribution in [3.05, 3.63) is 24.3 Å². The van der Waals surface area contributed by atoms with Gasteiger partial charge in [-0.15, -0.1) is 0 Å². The summed E-state index contributed by atoms with van der Waals surface area (Å²) in [5.41, 5.74) is 1.53. The third-order valence-corrected chi connectivity index (χ3v) is 7.21. The number of carbonyl (C=O) groups excluding carboxylic acids is 2. The number of nitrogens with zero attached hydrogens (tertiary/aromatic N) is 2. The van der Waals surface area contributed by atoms with Crippen LogP contribution in [-0.4, -0.2) is 80.5 Å². The van der Waals surface area contributed by atoms with Crippen molar-refractivity contribution < 1.29 is 28.0 Å². The van der Waals surface area contributed by atoms with Crippen LogP contribution in [0.2, 0.25) is 0 Å². The average Bonchev–Trinajstić information content (AvgIpc) is 2.74. The van der Waals surface area contributed by atoms with Gasteiger partial charge in [0.15, 0.2) is 0 Å². The van der Waals surface area contributed by atoms with Gasteiger partial charge in [0.1, 0.15) is 11.8 Å². The fourth-order valence-corrected chi connectivity index (χ4v) is 5.29. The molecule has 174 valence electrons. The second-order valence-electron chi connectivity index (χ2n) is 8.04. The molecular formula is C20H32N4O6S. The van der Waals surface area contributed by atoms with Crippen LogP contribution in [-0.2, 0) is 19.6 Å². The van der Waals surface area contributed by atoms with E-state index in [-0.39, 0.29) is 10.9 Å². The van der Waals surface area contributed by atoms with Gasteiger partial charge in [-0.3, -0.25) is 14.8 Å². The molecule has 1 saturated heterocycles. The first-order chi connectivity index (χ1) is 14.6. The molecule has 31 heavy (non-hydrogen) atoms. The van der Waals surface area contributed by atoms with Crippen molar-refractivity contribution in [1.82, 2.24) is 20.0 Å². The summed E-state index contributed by atoms with van der Waals surface area (Å²) in [5.74, 6) is -1.43.